The van der Waals surface area contributed by atoms with Crippen LogP contribution in [0.3, 0.4) is 0 Å². The third-order valence-electron chi connectivity index (χ3n) is 4.00. The Kier molecular flexibility index (Phi) is 12.4. The largest absolute Gasteiger partial charge is 0.600 e. The summed E-state index contributed by atoms with van der Waals surface area (Å²) in [7, 11) is 0. The molecule has 0 saturated heterocycles. The van der Waals surface area contributed by atoms with Gasteiger partial charge in [0, 0.05) is 12.4 Å². The van der Waals surface area contributed by atoms with Crippen molar-refractivity contribution in [2.24, 2.45) is 0 Å². The molecule has 2 N–H and O–H groups in total. The van der Waals surface area contributed by atoms with Crippen molar-refractivity contribution in [3.05, 3.63) is 47.4 Å². The highest BCUT2D eigenvalue weighted by atomic mass is 16.8. The lowest BCUT2D eigenvalue weighted by atomic mass is 10.1. The molecular weight excluding hydrogens is 288 g/mol. The third kappa shape index (κ3) is 13.0. The standard InChI is InChI=1S/C19H32N2O2/c22-21(23)17-12-10-8-6-4-2-1-3-5-7-9-11-14-19-15-13-16-20-18-19/h7,9,13,15-16,18,21-22H,1-6,8,10-12,14,17H2. The summed E-state index contributed by atoms with van der Waals surface area (Å²) >= 11 is 0. The monoisotopic (exact) mass is 320 g/mol. The van der Waals surface area contributed by atoms with Crippen molar-refractivity contribution in [3.63, 3.8) is 0 Å². The fourth-order valence-electron chi connectivity index (χ4n) is 2.63. The number of rotatable bonds is 14. The number of unbranched alkanes of at least 4 members (excludes halogenated alkanes) is 8. The van der Waals surface area contributed by atoms with Crippen molar-refractivity contribution >= 4 is 0 Å². The zero-order chi connectivity index (χ0) is 16.6. The van der Waals surface area contributed by atoms with Gasteiger partial charge in [0.15, 0.2) is 0 Å². The first-order valence-corrected chi connectivity index (χ1v) is 9.05. The topological polar surface area (TPSA) is 60.6 Å². The molecule has 0 aliphatic heterocycles. The number of nitrogens with zero attached hydrogens (tertiary/aromatic N) is 1. The van der Waals surface area contributed by atoms with Gasteiger partial charge < -0.3 is 5.21 Å². The van der Waals surface area contributed by atoms with Crippen molar-refractivity contribution in [3.8, 4) is 0 Å². The van der Waals surface area contributed by atoms with E-state index in [2.05, 4.69) is 23.2 Å². The van der Waals surface area contributed by atoms with E-state index in [0.717, 1.165) is 25.7 Å². The minimum Gasteiger partial charge on any atom is -0.600 e. The lowest BCUT2D eigenvalue weighted by Gasteiger charge is -2.11. The van der Waals surface area contributed by atoms with E-state index in [-0.39, 0.29) is 0 Å². The highest BCUT2D eigenvalue weighted by Crippen LogP contribution is 2.10. The van der Waals surface area contributed by atoms with E-state index in [1.54, 1.807) is 0 Å². The van der Waals surface area contributed by atoms with Gasteiger partial charge >= 0.3 is 0 Å². The molecular formula is C19H32N2O2. The molecule has 0 bridgehead atoms. The minimum atomic E-state index is -0.668. The molecule has 4 heteroatoms. The second-order valence-electron chi connectivity index (χ2n) is 6.13. The predicted molar refractivity (Wildman–Crippen MR) is 94.2 cm³/mol. The normalized spacial score (nSPS) is 12.8. The molecule has 0 fully saturated rings. The maximum atomic E-state index is 10.4. The molecule has 0 aliphatic carbocycles. The zero-order valence-corrected chi connectivity index (χ0v) is 14.3. The van der Waals surface area contributed by atoms with Crippen molar-refractivity contribution in [1.82, 2.24) is 4.98 Å². The van der Waals surface area contributed by atoms with Gasteiger partial charge in [0.2, 0.25) is 0 Å². The third-order valence-corrected chi connectivity index (χ3v) is 4.00. The van der Waals surface area contributed by atoms with E-state index in [1.807, 2.05) is 18.5 Å². The molecule has 4 nitrogen and oxygen atoms in total. The van der Waals surface area contributed by atoms with Crippen LogP contribution < -0.4 is 5.23 Å². The molecule has 1 aromatic heterocycles. The van der Waals surface area contributed by atoms with Gasteiger partial charge in [0.1, 0.15) is 6.54 Å². The Morgan fingerprint density at radius 1 is 0.957 bits per heavy atom. The Bertz CT molecular complexity index is 394. The maximum absolute atomic E-state index is 10.4. The van der Waals surface area contributed by atoms with Gasteiger partial charge in [-0.2, -0.15) is 0 Å². The van der Waals surface area contributed by atoms with Crippen LogP contribution in [-0.2, 0) is 6.42 Å². The average molecular weight is 320 g/mol. The van der Waals surface area contributed by atoms with E-state index < -0.39 is 5.23 Å². The first-order chi connectivity index (χ1) is 11.3. The summed E-state index contributed by atoms with van der Waals surface area (Å²) in [5, 5.41) is 18.2. The van der Waals surface area contributed by atoms with Crippen LogP contribution in [0, 0.1) is 5.21 Å². The highest BCUT2D eigenvalue weighted by molar-refractivity contribution is 5.09. The summed E-state index contributed by atoms with van der Waals surface area (Å²) in [4.78, 5) is 4.12. The van der Waals surface area contributed by atoms with Gasteiger partial charge in [-0.1, -0.05) is 50.3 Å². The zero-order valence-electron chi connectivity index (χ0n) is 14.3. The molecule has 0 saturated carbocycles. The van der Waals surface area contributed by atoms with Gasteiger partial charge in [0.25, 0.3) is 0 Å². The van der Waals surface area contributed by atoms with Crippen LogP contribution in [0.4, 0.5) is 0 Å². The summed E-state index contributed by atoms with van der Waals surface area (Å²) in [6, 6.07) is 4.12. The van der Waals surface area contributed by atoms with Crippen molar-refractivity contribution in [1.29, 1.82) is 0 Å². The number of aromatic nitrogens is 1. The Morgan fingerprint density at radius 3 is 2.26 bits per heavy atom. The highest BCUT2D eigenvalue weighted by Gasteiger charge is 1.94. The molecule has 0 spiro atoms. The number of hydrogen-bond donors (Lipinski definition) is 2. The Hall–Kier alpha value is -1.23. The van der Waals surface area contributed by atoms with Crippen LogP contribution in [0.2, 0.25) is 0 Å². The maximum Gasteiger partial charge on any atom is 0.106 e. The predicted octanol–water partition coefficient (Wildman–Crippen LogP) is 3.85. The van der Waals surface area contributed by atoms with Crippen molar-refractivity contribution < 1.29 is 10.4 Å². The second-order valence-corrected chi connectivity index (χ2v) is 6.13. The van der Waals surface area contributed by atoms with Crippen LogP contribution in [0.15, 0.2) is 36.7 Å². The second kappa shape index (κ2) is 14.4. The van der Waals surface area contributed by atoms with E-state index >= 15 is 0 Å². The first-order valence-electron chi connectivity index (χ1n) is 9.05. The summed E-state index contributed by atoms with van der Waals surface area (Å²) in [5.74, 6) is 0. The van der Waals surface area contributed by atoms with E-state index in [9.17, 15) is 5.21 Å². The molecule has 0 radical (unpaired) electrons. The van der Waals surface area contributed by atoms with Gasteiger partial charge in [-0.3, -0.25) is 4.98 Å². The van der Waals surface area contributed by atoms with E-state index in [1.165, 1.54) is 50.5 Å². The average Bonchev–Trinajstić information content (AvgIpc) is 2.56. The number of aryl methyl sites for hydroxylation is 1. The molecule has 23 heavy (non-hydrogen) atoms. The van der Waals surface area contributed by atoms with E-state index in [0.29, 0.717) is 6.54 Å². The molecule has 1 heterocycles. The molecule has 130 valence electrons. The Labute approximate surface area is 140 Å². The number of nitrogens with one attached hydrogen (secondary N) is 1. The lowest BCUT2D eigenvalue weighted by Crippen LogP contribution is -3.04. The summed E-state index contributed by atoms with van der Waals surface area (Å²) in [6.45, 7) is 0.327. The van der Waals surface area contributed by atoms with E-state index in [4.69, 9.17) is 5.21 Å². The molecule has 1 unspecified atom stereocenters. The smallest absolute Gasteiger partial charge is 0.106 e. The number of hydroxylamine groups is 2. The first kappa shape index (κ1) is 19.8. The Morgan fingerprint density at radius 2 is 1.61 bits per heavy atom. The lowest BCUT2D eigenvalue weighted by molar-refractivity contribution is -1.05. The molecule has 1 aromatic rings. The molecule has 0 amide bonds. The summed E-state index contributed by atoms with van der Waals surface area (Å²) < 4.78 is 0. The van der Waals surface area contributed by atoms with Crippen molar-refractivity contribution in [2.45, 2.75) is 70.6 Å². The van der Waals surface area contributed by atoms with Gasteiger partial charge in [-0.25, -0.2) is 10.4 Å². The summed E-state index contributed by atoms with van der Waals surface area (Å²) in [6.07, 6.45) is 21.2. The van der Waals surface area contributed by atoms with Crippen LogP contribution in [-0.4, -0.2) is 16.7 Å². The van der Waals surface area contributed by atoms with Crippen LogP contribution in [0.5, 0.6) is 0 Å². The van der Waals surface area contributed by atoms with Crippen LogP contribution >= 0.6 is 0 Å². The molecule has 1 rings (SSSR count). The molecule has 0 aliphatic rings. The fourth-order valence-corrected chi connectivity index (χ4v) is 2.63. The molecule has 1 atom stereocenters. The minimum absolute atomic E-state index is 0.327. The number of allylic oxidation sites excluding steroid dienone is 2. The Balaban J connectivity index is 1.80. The number of hydrogen-bond acceptors (Lipinski definition) is 3. The fraction of sp³-hybridized carbons (Fsp3) is 0.632. The summed E-state index contributed by atoms with van der Waals surface area (Å²) in [5.41, 5.74) is 1.31. The quantitative estimate of drug-likeness (QED) is 0.311. The van der Waals surface area contributed by atoms with Gasteiger partial charge in [-0.05, 0) is 50.2 Å². The van der Waals surface area contributed by atoms with Gasteiger partial charge in [-0.15, -0.1) is 0 Å². The van der Waals surface area contributed by atoms with Crippen LogP contribution in [0.1, 0.15) is 69.8 Å². The van der Waals surface area contributed by atoms with Crippen LogP contribution in [0.25, 0.3) is 0 Å². The van der Waals surface area contributed by atoms with Crippen molar-refractivity contribution in [2.75, 3.05) is 6.54 Å². The van der Waals surface area contributed by atoms with Gasteiger partial charge in [0.05, 0.1) is 0 Å². The number of pyridine rings is 1. The number of quaternary nitrogens is 1. The molecule has 0 aromatic carbocycles. The SMILES string of the molecule is [O-][NH+](O)CCCCCCCCCCC=CCCc1cccnc1.